The van der Waals surface area contributed by atoms with E-state index >= 15 is 0 Å². The normalized spacial score (nSPS) is 18.7. The monoisotopic (exact) mass is 415 g/mol. The molecule has 1 fully saturated rings. The van der Waals surface area contributed by atoms with Gasteiger partial charge >= 0.3 is 6.55 Å². The molecule has 21 heavy (non-hydrogen) atoms. The van der Waals surface area contributed by atoms with Crippen molar-refractivity contribution < 1.29 is 13.5 Å². The van der Waals surface area contributed by atoms with Crippen LogP contribution in [0.25, 0.3) is 0 Å². The molecule has 0 amide bonds. The van der Waals surface area contributed by atoms with Crippen LogP contribution in [0.1, 0.15) is 25.2 Å². The molecule has 1 aliphatic heterocycles. The fraction of sp³-hybridized carbons (Fsp3) is 0.667. The van der Waals surface area contributed by atoms with Gasteiger partial charge < -0.3 is 15.4 Å². The Hall–Kier alpha value is -0.970. The number of alkyl halides is 2. The first kappa shape index (κ1) is 18.1. The summed E-state index contributed by atoms with van der Waals surface area (Å²) in [6.45, 7) is -0.952. The second-order valence-electron chi connectivity index (χ2n) is 4.47. The largest absolute Gasteiger partial charge is 0.376 e. The molecule has 1 saturated heterocycles. The summed E-state index contributed by atoms with van der Waals surface area (Å²) >= 11 is 0. The molecule has 2 N–H and O–H groups in total. The van der Waals surface area contributed by atoms with Gasteiger partial charge in [0, 0.05) is 32.6 Å². The molecule has 0 spiro atoms. The predicted molar refractivity (Wildman–Crippen MR) is 86.1 cm³/mol. The highest BCUT2D eigenvalue weighted by Gasteiger charge is 2.16. The van der Waals surface area contributed by atoms with Gasteiger partial charge in [-0.3, -0.25) is 9.56 Å². The van der Waals surface area contributed by atoms with Gasteiger partial charge in [0.2, 0.25) is 0 Å². The highest BCUT2D eigenvalue weighted by atomic mass is 127. The molecule has 0 saturated carbocycles. The predicted octanol–water partition coefficient (Wildman–Crippen LogP) is 1.74. The van der Waals surface area contributed by atoms with E-state index in [0.717, 1.165) is 24.0 Å². The fourth-order valence-electron chi connectivity index (χ4n) is 2.06. The van der Waals surface area contributed by atoms with Crippen LogP contribution in [0.3, 0.4) is 0 Å². The quantitative estimate of drug-likeness (QED) is 0.437. The minimum atomic E-state index is -2.59. The summed E-state index contributed by atoms with van der Waals surface area (Å²) in [5, 5.41) is 6.07. The van der Waals surface area contributed by atoms with Crippen LogP contribution in [0, 0.1) is 0 Å². The van der Waals surface area contributed by atoms with E-state index in [2.05, 4.69) is 20.6 Å². The first-order chi connectivity index (χ1) is 9.70. The van der Waals surface area contributed by atoms with Crippen LogP contribution in [-0.2, 0) is 11.3 Å². The van der Waals surface area contributed by atoms with Crippen molar-refractivity contribution in [2.24, 2.45) is 4.99 Å². The van der Waals surface area contributed by atoms with Crippen LogP contribution in [-0.4, -0.2) is 41.8 Å². The maximum Gasteiger partial charge on any atom is 0.319 e. The molecule has 1 aromatic heterocycles. The van der Waals surface area contributed by atoms with E-state index in [0.29, 0.717) is 12.5 Å². The Balaban J connectivity index is 0.00000220. The molecule has 0 aliphatic carbocycles. The van der Waals surface area contributed by atoms with Gasteiger partial charge in [-0.15, -0.1) is 24.0 Å². The average molecular weight is 415 g/mol. The first-order valence-electron chi connectivity index (χ1n) is 6.56. The van der Waals surface area contributed by atoms with Crippen molar-refractivity contribution in [3.8, 4) is 0 Å². The average Bonchev–Trinajstić information content (AvgIpc) is 3.09. The molecule has 120 valence electrons. The minimum Gasteiger partial charge on any atom is -0.376 e. The summed E-state index contributed by atoms with van der Waals surface area (Å²) in [6, 6.07) is 0. The summed E-state index contributed by atoms with van der Waals surface area (Å²) in [5.41, 5.74) is 0. The number of imidazole rings is 1. The van der Waals surface area contributed by atoms with Crippen LogP contribution in [0.4, 0.5) is 8.78 Å². The zero-order valence-corrected chi connectivity index (χ0v) is 14.1. The number of rotatable bonds is 5. The van der Waals surface area contributed by atoms with E-state index in [9.17, 15) is 8.78 Å². The van der Waals surface area contributed by atoms with Gasteiger partial charge in [-0.2, -0.15) is 8.78 Å². The lowest BCUT2D eigenvalue weighted by Gasteiger charge is -2.15. The van der Waals surface area contributed by atoms with Crippen molar-refractivity contribution in [1.82, 2.24) is 20.2 Å². The van der Waals surface area contributed by atoms with E-state index in [1.807, 2.05) is 0 Å². The molecule has 1 unspecified atom stereocenters. The third-order valence-electron chi connectivity index (χ3n) is 3.12. The van der Waals surface area contributed by atoms with Gasteiger partial charge in [0.05, 0.1) is 12.6 Å². The molecular formula is C12H20F2IN5O. The van der Waals surface area contributed by atoms with Gasteiger partial charge in [0.15, 0.2) is 5.96 Å². The van der Waals surface area contributed by atoms with Crippen LogP contribution >= 0.6 is 24.0 Å². The Kier molecular flexibility index (Phi) is 7.86. The molecule has 0 bridgehead atoms. The number of ether oxygens (including phenoxy) is 1. The van der Waals surface area contributed by atoms with Crippen molar-refractivity contribution in [2.45, 2.75) is 32.0 Å². The third kappa shape index (κ3) is 5.38. The van der Waals surface area contributed by atoms with Gasteiger partial charge in [0.25, 0.3) is 0 Å². The van der Waals surface area contributed by atoms with E-state index in [1.165, 1.54) is 12.4 Å². The molecule has 2 heterocycles. The highest BCUT2D eigenvalue weighted by molar-refractivity contribution is 14.0. The Morgan fingerprint density at radius 1 is 1.57 bits per heavy atom. The number of nitrogens with zero attached hydrogens (tertiary/aromatic N) is 3. The maximum absolute atomic E-state index is 12.7. The number of nitrogens with one attached hydrogen (secondary N) is 2. The lowest BCUT2D eigenvalue weighted by atomic mass is 10.2. The number of hydrogen-bond donors (Lipinski definition) is 2. The highest BCUT2D eigenvalue weighted by Crippen LogP contribution is 2.12. The molecule has 1 atom stereocenters. The molecule has 0 radical (unpaired) electrons. The smallest absolute Gasteiger partial charge is 0.319 e. The number of aliphatic imine (C=N–C) groups is 1. The van der Waals surface area contributed by atoms with Crippen LogP contribution < -0.4 is 10.6 Å². The standard InChI is InChI=1S/C12H19F2N5O.HI/c1-15-12(17-7-9-3-2-6-20-9)18-8-10-16-4-5-19(10)11(13)14;/h4-5,9,11H,2-3,6-8H2,1H3,(H2,15,17,18);1H. The SMILES string of the molecule is CN=C(NCc1nccn1C(F)F)NCC1CCCO1.I. The molecule has 0 aromatic carbocycles. The first-order valence-corrected chi connectivity index (χ1v) is 6.56. The summed E-state index contributed by atoms with van der Waals surface area (Å²) in [7, 11) is 1.63. The van der Waals surface area contributed by atoms with Crippen molar-refractivity contribution in [3.63, 3.8) is 0 Å². The Morgan fingerprint density at radius 2 is 2.38 bits per heavy atom. The van der Waals surface area contributed by atoms with Gasteiger partial charge in [-0.1, -0.05) is 0 Å². The van der Waals surface area contributed by atoms with Gasteiger partial charge in [-0.05, 0) is 12.8 Å². The summed E-state index contributed by atoms with van der Waals surface area (Å²) in [5.74, 6) is 0.810. The van der Waals surface area contributed by atoms with E-state index in [1.54, 1.807) is 7.05 Å². The topological polar surface area (TPSA) is 63.5 Å². The summed E-state index contributed by atoms with van der Waals surface area (Å²) in [4.78, 5) is 7.93. The van der Waals surface area contributed by atoms with Gasteiger partial charge in [0.1, 0.15) is 5.82 Å². The van der Waals surface area contributed by atoms with Crippen LogP contribution in [0.15, 0.2) is 17.4 Å². The second kappa shape index (κ2) is 9.13. The van der Waals surface area contributed by atoms with Crippen molar-refractivity contribution >= 4 is 29.9 Å². The Morgan fingerprint density at radius 3 is 3.00 bits per heavy atom. The molecule has 9 heteroatoms. The number of aromatic nitrogens is 2. The molecule has 6 nitrogen and oxygen atoms in total. The van der Waals surface area contributed by atoms with Gasteiger partial charge in [-0.25, -0.2) is 4.98 Å². The lowest BCUT2D eigenvalue weighted by Crippen LogP contribution is -2.41. The summed E-state index contributed by atoms with van der Waals surface area (Å²) in [6.07, 6.45) is 4.90. The van der Waals surface area contributed by atoms with E-state index in [4.69, 9.17) is 4.74 Å². The summed E-state index contributed by atoms with van der Waals surface area (Å²) < 4.78 is 31.6. The zero-order chi connectivity index (χ0) is 14.4. The molecule has 1 aromatic rings. The lowest BCUT2D eigenvalue weighted by molar-refractivity contribution is 0.0668. The molecule has 1 aliphatic rings. The zero-order valence-electron chi connectivity index (χ0n) is 11.8. The van der Waals surface area contributed by atoms with E-state index in [-0.39, 0.29) is 42.4 Å². The van der Waals surface area contributed by atoms with E-state index < -0.39 is 6.55 Å². The van der Waals surface area contributed by atoms with Crippen molar-refractivity contribution in [3.05, 3.63) is 18.2 Å². The Bertz CT molecular complexity index is 449. The number of halogens is 3. The molecule has 2 rings (SSSR count). The van der Waals surface area contributed by atoms with Crippen LogP contribution in [0.5, 0.6) is 0 Å². The number of hydrogen-bond acceptors (Lipinski definition) is 3. The Labute approximate surface area is 139 Å². The third-order valence-corrected chi connectivity index (χ3v) is 3.12. The van der Waals surface area contributed by atoms with Crippen LogP contribution in [0.2, 0.25) is 0 Å². The minimum absolute atomic E-state index is 0. The number of guanidine groups is 1. The maximum atomic E-state index is 12.7. The second-order valence-corrected chi connectivity index (χ2v) is 4.47. The molecular weight excluding hydrogens is 395 g/mol. The van der Waals surface area contributed by atoms with Crippen molar-refractivity contribution in [1.29, 1.82) is 0 Å². The fourth-order valence-corrected chi connectivity index (χ4v) is 2.06. The van der Waals surface area contributed by atoms with Crippen molar-refractivity contribution in [2.75, 3.05) is 20.2 Å².